The van der Waals surface area contributed by atoms with E-state index in [4.69, 9.17) is 23.2 Å². The van der Waals surface area contributed by atoms with Crippen LogP contribution in [-0.2, 0) is 0 Å². The van der Waals surface area contributed by atoms with E-state index in [9.17, 15) is 4.79 Å². The van der Waals surface area contributed by atoms with Crippen LogP contribution < -0.4 is 0 Å². The zero-order valence-corrected chi connectivity index (χ0v) is 20.8. The number of piperidine rings is 1. The molecule has 3 aromatic rings. The molecule has 1 amide bonds. The van der Waals surface area contributed by atoms with Gasteiger partial charge in [0.25, 0.3) is 5.91 Å². The van der Waals surface area contributed by atoms with Crippen LogP contribution in [0.1, 0.15) is 46.2 Å². The summed E-state index contributed by atoms with van der Waals surface area (Å²) in [5.41, 5.74) is 3.17. The van der Waals surface area contributed by atoms with Crippen molar-refractivity contribution in [1.82, 2.24) is 9.80 Å². The standard InChI is InChI=1S/C29H30Cl2N2O/c30-26-12-7-13-27(31)28(26)29(34)33-19-24(25(20-33)23-10-5-2-6-11-23)18-32-16-14-22(15-17-32)21-8-3-1-4-9-21/h1-13,22,24-25H,14-20H2/t24-,25?/m0/s1. The maximum atomic E-state index is 13.4. The largest absolute Gasteiger partial charge is 0.338 e. The highest BCUT2D eigenvalue weighted by Crippen LogP contribution is 2.37. The second-order valence-corrected chi connectivity index (χ2v) is 10.4. The average Bonchev–Trinajstić information content (AvgIpc) is 3.29. The molecule has 0 aromatic heterocycles. The lowest BCUT2D eigenvalue weighted by atomic mass is 9.86. The Hall–Kier alpha value is -2.33. The Morgan fingerprint density at radius 3 is 1.97 bits per heavy atom. The molecular formula is C29H30Cl2N2O. The summed E-state index contributed by atoms with van der Waals surface area (Å²) in [6.07, 6.45) is 2.37. The quantitative estimate of drug-likeness (QED) is 0.394. The Balaban J connectivity index is 1.30. The highest BCUT2D eigenvalue weighted by Gasteiger charge is 2.38. The van der Waals surface area contributed by atoms with Crippen LogP contribution in [0.2, 0.25) is 10.0 Å². The fraction of sp³-hybridized carbons (Fsp3) is 0.345. The summed E-state index contributed by atoms with van der Waals surface area (Å²) in [4.78, 5) is 18.0. The summed E-state index contributed by atoms with van der Waals surface area (Å²) >= 11 is 12.7. The van der Waals surface area contributed by atoms with Crippen LogP contribution in [0.5, 0.6) is 0 Å². The number of rotatable bonds is 5. The average molecular weight is 493 g/mol. The molecule has 0 aliphatic carbocycles. The third-order valence-electron chi connectivity index (χ3n) is 7.48. The minimum Gasteiger partial charge on any atom is -0.338 e. The van der Waals surface area contributed by atoms with Crippen LogP contribution in [0, 0.1) is 5.92 Å². The van der Waals surface area contributed by atoms with Crippen LogP contribution in [0.15, 0.2) is 78.9 Å². The first kappa shape index (κ1) is 23.4. The molecule has 3 aromatic carbocycles. The molecule has 34 heavy (non-hydrogen) atoms. The molecule has 2 aliphatic heterocycles. The molecular weight excluding hydrogens is 463 g/mol. The predicted molar refractivity (Wildman–Crippen MR) is 140 cm³/mol. The molecule has 2 heterocycles. The summed E-state index contributed by atoms with van der Waals surface area (Å²) < 4.78 is 0. The molecule has 5 heteroatoms. The van der Waals surface area contributed by atoms with Gasteiger partial charge in [-0.2, -0.15) is 0 Å². The Bertz CT molecular complexity index is 1090. The van der Waals surface area contributed by atoms with Crippen molar-refractivity contribution in [2.45, 2.75) is 24.7 Å². The van der Waals surface area contributed by atoms with Gasteiger partial charge in [0.05, 0.1) is 15.6 Å². The number of likely N-dealkylation sites (tertiary alicyclic amines) is 2. The van der Waals surface area contributed by atoms with Crippen molar-refractivity contribution in [2.24, 2.45) is 5.92 Å². The number of carbonyl (C=O) groups is 1. The zero-order valence-electron chi connectivity index (χ0n) is 19.2. The number of hydrogen-bond donors (Lipinski definition) is 0. The minimum atomic E-state index is -0.0678. The molecule has 5 rings (SSSR count). The minimum absolute atomic E-state index is 0.0678. The first-order chi connectivity index (χ1) is 16.6. The van der Waals surface area contributed by atoms with Gasteiger partial charge in [-0.05, 0) is 61.0 Å². The molecule has 176 valence electrons. The molecule has 2 fully saturated rings. The van der Waals surface area contributed by atoms with Crippen LogP contribution >= 0.6 is 23.2 Å². The number of nitrogens with zero attached hydrogens (tertiary/aromatic N) is 2. The monoisotopic (exact) mass is 492 g/mol. The smallest absolute Gasteiger partial charge is 0.256 e. The fourth-order valence-electron chi connectivity index (χ4n) is 5.67. The van der Waals surface area contributed by atoms with Gasteiger partial charge < -0.3 is 9.80 Å². The van der Waals surface area contributed by atoms with Crippen molar-refractivity contribution < 1.29 is 4.79 Å². The summed E-state index contributed by atoms with van der Waals surface area (Å²) in [6, 6.07) is 26.7. The molecule has 0 spiro atoms. The van der Waals surface area contributed by atoms with Gasteiger partial charge >= 0.3 is 0 Å². The van der Waals surface area contributed by atoms with Crippen molar-refractivity contribution in [3.63, 3.8) is 0 Å². The van der Waals surface area contributed by atoms with Gasteiger partial charge in [0.2, 0.25) is 0 Å². The van der Waals surface area contributed by atoms with Gasteiger partial charge in [-0.3, -0.25) is 4.79 Å². The van der Waals surface area contributed by atoms with Crippen molar-refractivity contribution >= 4 is 29.1 Å². The van der Waals surface area contributed by atoms with Crippen molar-refractivity contribution in [2.75, 3.05) is 32.7 Å². The summed E-state index contributed by atoms with van der Waals surface area (Å²) in [5, 5.41) is 0.834. The van der Waals surface area contributed by atoms with Crippen molar-refractivity contribution in [1.29, 1.82) is 0 Å². The molecule has 2 atom stereocenters. The molecule has 3 nitrogen and oxygen atoms in total. The lowest BCUT2D eigenvalue weighted by Crippen LogP contribution is -2.38. The first-order valence-corrected chi connectivity index (χ1v) is 12.9. The van der Waals surface area contributed by atoms with Crippen LogP contribution in [-0.4, -0.2) is 48.4 Å². The topological polar surface area (TPSA) is 23.6 Å². The van der Waals surface area contributed by atoms with Gasteiger partial charge in [-0.25, -0.2) is 0 Å². The molecule has 2 saturated heterocycles. The highest BCUT2D eigenvalue weighted by atomic mass is 35.5. The number of hydrogen-bond acceptors (Lipinski definition) is 2. The zero-order chi connectivity index (χ0) is 23.5. The highest BCUT2D eigenvalue weighted by molar-refractivity contribution is 6.39. The van der Waals surface area contributed by atoms with E-state index < -0.39 is 0 Å². The van der Waals surface area contributed by atoms with Crippen LogP contribution in [0.25, 0.3) is 0 Å². The molecule has 0 N–H and O–H groups in total. The van der Waals surface area contributed by atoms with Gasteiger partial charge in [-0.1, -0.05) is 89.9 Å². The second-order valence-electron chi connectivity index (χ2n) is 9.57. The first-order valence-electron chi connectivity index (χ1n) is 12.2. The van der Waals surface area contributed by atoms with E-state index in [1.54, 1.807) is 18.2 Å². The van der Waals surface area contributed by atoms with Crippen LogP contribution in [0.4, 0.5) is 0 Å². The van der Waals surface area contributed by atoms with E-state index in [1.807, 2.05) is 11.0 Å². The molecule has 0 saturated carbocycles. The third kappa shape index (κ3) is 5.02. The van der Waals surface area contributed by atoms with E-state index in [0.29, 0.717) is 39.9 Å². The van der Waals surface area contributed by atoms with Crippen LogP contribution in [0.3, 0.4) is 0 Å². The lowest BCUT2D eigenvalue weighted by Gasteiger charge is -2.34. The lowest BCUT2D eigenvalue weighted by molar-refractivity contribution is 0.0781. The fourth-order valence-corrected chi connectivity index (χ4v) is 6.23. The SMILES string of the molecule is O=C(c1c(Cl)cccc1Cl)N1CC(c2ccccc2)[C@@H](CN2CCC(c3ccccc3)CC2)C1. The Morgan fingerprint density at radius 2 is 1.35 bits per heavy atom. The Labute approximate surface area is 212 Å². The second kappa shape index (κ2) is 10.5. The van der Waals surface area contributed by atoms with E-state index in [-0.39, 0.29) is 5.91 Å². The number of halogens is 2. The maximum absolute atomic E-state index is 13.4. The normalized spacial score (nSPS) is 21.6. The van der Waals surface area contributed by atoms with Gasteiger partial charge in [0.1, 0.15) is 0 Å². The maximum Gasteiger partial charge on any atom is 0.256 e. The summed E-state index contributed by atoms with van der Waals surface area (Å²) in [7, 11) is 0. The predicted octanol–water partition coefficient (Wildman–Crippen LogP) is 6.73. The summed E-state index contributed by atoms with van der Waals surface area (Å²) in [5.74, 6) is 1.26. The van der Waals surface area contributed by atoms with Gasteiger partial charge in [0.15, 0.2) is 0 Å². The van der Waals surface area contributed by atoms with Gasteiger partial charge in [-0.15, -0.1) is 0 Å². The van der Waals surface area contributed by atoms with Gasteiger partial charge in [0, 0.05) is 25.6 Å². The van der Waals surface area contributed by atoms with E-state index >= 15 is 0 Å². The van der Waals surface area contributed by atoms with Crippen molar-refractivity contribution in [3.8, 4) is 0 Å². The third-order valence-corrected chi connectivity index (χ3v) is 8.11. The number of carbonyl (C=O) groups excluding carboxylic acids is 1. The Morgan fingerprint density at radius 1 is 0.765 bits per heavy atom. The Kier molecular flexibility index (Phi) is 7.24. The van der Waals surface area contributed by atoms with E-state index in [0.717, 1.165) is 26.2 Å². The number of amides is 1. The number of benzene rings is 3. The summed E-state index contributed by atoms with van der Waals surface area (Å²) in [6.45, 7) is 4.61. The molecule has 2 aliphatic rings. The van der Waals surface area contributed by atoms with E-state index in [2.05, 4.69) is 59.5 Å². The molecule has 0 radical (unpaired) electrons. The molecule has 0 bridgehead atoms. The van der Waals surface area contributed by atoms with Crippen molar-refractivity contribution in [3.05, 3.63) is 106 Å². The molecule has 1 unspecified atom stereocenters. The van der Waals surface area contributed by atoms with E-state index in [1.165, 1.54) is 24.0 Å².